The summed E-state index contributed by atoms with van der Waals surface area (Å²) in [4.78, 5) is 4.13. The van der Waals surface area contributed by atoms with Crippen molar-refractivity contribution in [2.24, 2.45) is 0 Å². The first kappa shape index (κ1) is 15.1. The van der Waals surface area contributed by atoms with E-state index in [9.17, 15) is 0 Å². The maximum absolute atomic E-state index is 6.11. The molecule has 0 radical (unpaired) electrons. The normalized spacial score (nSPS) is 10.6. The van der Waals surface area contributed by atoms with Gasteiger partial charge >= 0.3 is 0 Å². The van der Waals surface area contributed by atoms with Gasteiger partial charge in [0.1, 0.15) is 11.5 Å². The summed E-state index contributed by atoms with van der Waals surface area (Å²) in [6, 6.07) is 6.97. The Hall–Kier alpha value is -1.29. The van der Waals surface area contributed by atoms with Crippen molar-refractivity contribution in [2.45, 2.75) is 19.9 Å². The molecule has 20 heavy (non-hydrogen) atoms. The van der Waals surface area contributed by atoms with Crippen molar-refractivity contribution < 1.29 is 4.74 Å². The minimum absolute atomic E-state index is 0.527. The lowest BCUT2D eigenvalue weighted by Crippen LogP contribution is -2.14. The average molecular weight is 311 g/mol. The number of hydrogen-bond acceptors (Lipinski definition) is 3. The largest absolute Gasteiger partial charge is 0.455 e. The first-order valence-electron chi connectivity index (χ1n) is 6.47. The van der Waals surface area contributed by atoms with Crippen molar-refractivity contribution in [3.05, 3.63) is 52.3 Å². The average Bonchev–Trinajstić information content (AvgIpc) is 2.45. The first-order valence-corrected chi connectivity index (χ1v) is 7.23. The second kappa shape index (κ2) is 7.48. The number of pyridine rings is 1. The summed E-state index contributed by atoms with van der Waals surface area (Å²) in [5, 5.41) is 4.44. The molecule has 1 heterocycles. The lowest BCUT2D eigenvalue weighted by atomic mass is 10.2. The minimum Gasteiger partial charge on any atom is -0.455 e. The summed E-state index contributed by atoms with van der Waals surface area (Å²) in [6.45, 7) is 3.78. The smallest absolute Gasteiger partial charge is 0.147 e. The van der Waals surface area contributed by atoms with Crippen molar-refractivity contribution in [3.8, 4) is 11.5 Å². The molecule has 2 aromatic rings. The van der Waals surface area contributed by atoms with Crippen LogP contribution in [0.15, 0.2) is 36.7 Å². The van der Waals surface area contributed by atoms with Crippen LogP contribution in [0, 0.1) is 0 Å². The molecule has 5 heteroatoms. The fourth-order valence-corrected chi connectivity index (χ4v) is 2.04. The summed E-state index contributed by atoms with van der Waals surface area (Å²) >= 11 is 12.1. The number of ether oxygens (including phenoxy) is 1. The van der Waals surface area contributed by atoms with E-state index in [1.165, 1.54) is 0 Å². The number of nitrogens with zero attached hydrogens (tertiary/aromatic N) is 1. The topological polar surface area (TPSA) is 34.2 Å². The highest BCUT2D eigenvalue weighted by atomic mass is 35.5. The predicted octanol–water partition coefficient (Wildman–Crippen LogP) is 4.68. The van der Waals surface area contributed by atoms with Crippen LogP contribution in [-0.4, -0.2) is 11.5 Å². The quantitative estimate of drug-likeness (QED) is 0.787. The summed E-state index contributed by atoms with van der Waals surface area (Å²) in [5.41, 5.74) is 0.983. The van der Waals surface area contributed by atoms with E-state index in [1.54, 1.807) is 30.6 Å². The van der Waals surface area contributed by atoms with Crippen LogP contribution in [0.1, 0.15) is 18.9 Å². The lowest BCUT2D eigenvalue weighted by Gasteiger charge is -2.12. The standard InChI is InChI=1S/C15H16Cl2N2O/c1-2-6-18-9-11-10-19-7-5-14(11)20-15-8-12(16)3-4-13(15)17/h3-5,7-8,10,18H,2,6,9H2,1H3. The van der Waals surface area contributed by atoms with Gasteiger partial charge in [-0.05, 0) is 31.2 Å². The van der Waals surface area contributed by atoms with Gasteiger partial charge in [0.25, 0.3) is 0 Å². The molecule has 2 rings (SSSR count). The van der Waals surface area contributed by atoms with Crippen LogP contribution in [0.25, 0.3) is 0 Å². The fourth-order valence-electron chi connectivity index (χ4n) is 1.72. The summed E-state index contributed by atoms with van der Waals surface area (Å²) in [6.07, 6.45) is 4.56. The number of aromatic nitrogens is 1. The molecule has 0 atom stereocenters. The second-order valence-electron chi connectivity index (χ2n) is 4.34. The van der Waals surface area contributed by atoms with Gasteiger partial charge in [0.05, 0.1) is 5.02 Å². The predicted molar refractivity (Wildman–Crippen MR) is 82.8 cm³/mol. The molecule has 1 aromatic heterocycles. The van der Waals surface area contributed by atoms with E-state index in [4.69, 9.17) is 27.9 Å². The maximum atomic E-state index is 6.11. The molecule has 0 unspecified atom stereocenters. The lowest BCUT2D eigenvalue weighted by molar-refractivity contribution is 0.472. The Bertz CT molecular complexity index is 576. The summed E-state index contributed by atoms with van der Waals surface area (Å²) in [7, 11) is 0. The second-order valence-corrected chi connectivity index (χ2v) is 5.18. The van der Waals surface area contributed by atoms with E-state index in [1.807, 2.05) is 6.07 Å². The summed E-state index contributed by atoms with van der Waals surface area (Å²) < 4.78 is 5.86. The molecule has 106 valence electrons. The molecule has 0 aliphatic carbocycles. The zero-order valence-electron chi connectivity index (χ0n) is 11.2. The molecule has 3 nitrogen and oxygen atoms in total. The molecule has 0 aliphatic heterocycles. The number of nitrogens with one attached hydrogen (secondary N) is 1. The third-order valence-corrected chi connectivity index (χ3v) is 3.26. The molecule has 0 spiro atoms. The third kappa shape index (κ3) is 4.10. The SMILES string of the molecule is CCCNCc1cnccc1Oc1cc(Cl)ccc1Cl. The van der Waals surface area contributed by atoms with E-state index in [2.05, 4.69) is 17.2 Å². The molecule has 0 saturated heterocycles. The van der Waals surface area contributed by atoms with Crippen LogP contribution in [0.3, 0.4) is 0 Å². The Morgan fingerprint density at radius 2 is 2.05 bits per heavy atom. The highest BCUT2D eigenvalue weighted by Crippen LogP contribution is 2.33. The van der Waals surface area contributed by atoms with Gasteiger partial charge < -0.3 is 10.1 Å². The van der Waals surface area contributed by atoms with Crippen LogP contribution >= 0.6 is 23.2 Å². The molecular formula is C15H16Cl2N2O. The Balaban J connectivity index is 2.18. The first-order chi connectivity index (χ1) is 9.70. The van der Waals surface area contributed by atoms with Crippen LogP contribution < -0.4 is 10.1 Å². The highest BCUT2D eigenvalue weighted by molar-refractivity contribution is 6.34. The van der Waals surface area contributed by atoms with Crippen molar-refractivity contribution >= 4 is 23.2 Å². The van der Waals surface area contributed by atoms with Crippen molar-refractivity contribution in [3.63, 3.8) is 0 Å². The van der Waals surface area contributed by atoms with Gasteiger partial charge in [-0.2, -0.15) is 0 Å². The molecule has 0 amide bonds. The van der Waals surface area contributed by atoms with Gasteiger partial charge in [-0.15, -0.1) is 0 Å². The van der Waals surface area contributed by atoms with Gasteiger partial charge in [-0.25, -0.2) is 0 Å². The van der Waals surface area contributed by atoms with E-state index in [0.29, 0.717) is 22.3 Å². The van der Waals surface area contributed by atoms with Gasteiger partial charge in [-0.3, -0.25) is 4.98 Å². The molecular weight excluding hydrogens is 295 g/mol. The van der Waals surface area contributed by atoms with E-state index < -0.39 is 0 Å². The Kier molecular flexibility index (Phi) is 5.65. The van der Waals surface area contributed by atoms with E-state index >= 15 is 0 Å². The summed E-state index contributed by atoms with van der Waals surface area (Å²) in [5.74, 6) is 1.27. The third-order valence-electron chi connectivity index (χ3n) is 2.71. The van der Waals surface area contributed by atoms with Crippen LogP contribution in [0.4, 0.5) is 0 Å². The van der Waals surface area contributed by atoms with Gasteiger partial charge in [0.2, 0.25) is 0 Å². The monoisotopic (exact) mass is 310 g/mol. The number of hydrogen-bond donors (Lipinski definition) is 1. The zero-order chi connectivity index (χ0) is 14.4. The Morgan fingerprint density at radius 1 is 1.20 bits per heavy atom. The minimum atomic E-state index is 0.527. The van der Waals surface area contributed by atoms with Crippen molar-refractivity contribution in [1.82, 2.24) is 10.3 Å². The van der Waals surface area contributed by atoms with E-state index in [-0.39, 0.29) is 0 Å². The molecule has 0 aliphatic rings. The molecule has 0 fully saturated rings. The van der Waals surface area contributed by atoms with Crippen molar-refractivity contribution in [1.29, 1.82) is 0 Å². The number of rotatable bonds is 6. The highest BCUT2D eigenvalue weighted by Gasteiger charge is 2.08. The van der Waals surface area contributed by atoms with Gasteiger partial charge in [0, 0.05) is 35.6 Å². The van der Waals surface area contributed by atoms with Crippen LogP contribution in [0.5, 0.6) is 11.5 Å². The number of halogens is 2. The van der Waals surface area contributed by atoms with E-state index in [0.717, 1.165) is 24.3 Å². The molecule has 0 saturated carbocycles. The zero-order valence-corrected chi connectivity index (χ0v) is 12.7. The Morgan fingerprint density at radius 3 is 2.85 bits per heavy atom. The molecule has 0 bridgehead atoms. The van der Waals surface area contributed by atoms with Crippen molar-refractivity contribution in [2.75, 3.05) is 6.54 Å². The van der Waals surface area contributed by atoms with Gasteiger partial charge in [0.15, 0.2) is 0 Å². The van der Waals surface area contributed by atoms with Crippen LogP contribution in [0.2, 0.25) is 10.0 Å². The fraction of sp³-hybridized carbons (Fsp3) is 0.267. The molecule has 1 aromatic carbocycles. The van der Waals surface area contributed by atoms with Gasteiger partial charge in [-0.1, -0.05) is 30.1 Å². The number of benzene rings is 1. The van der Waals surface area contributed by atoms with Crippen LogP contribution in [-0.2, 0) is 6.54 Å². The molecule has 1 N–H and O–H groups in total. The Labute approximate surface area is 128 Å². The maximum Gasteiger partial charge on any atom is 0.147 e.